The zero-order valence-corrected chi connectivity index (χ0v) is 13.6. The van der Waals surface area contributed by atoms with Gasteiger partial charge in [0.2, 0.25) is 5.91 Å². The first-order chi connectivity index (χ1) is 10.1. The van der Waals surface area contributed by atoms with Crippen molar-refractivity contribution >= 4 is 17.5 Å². The molecule has 0 saturated carbocycles. The number of hydrogen-bond donors (Lipinski definition) is 0. The van der Waals surface area contributed by atoms with Crippen LogP contribution in [0.15, 0.2) is 24.3 Å². The first kappa shape index (κ1) is 16.3. The third kappa shape index (κ3) is 5.68. The second-order valence-corrected chi connectivity index (χ2v) is 6.35. The number of piperidine rings is 1. The summed E-state index contributed by atoms with van der Waals surface area (Å²) in [5.41, 5.74) is 1.29. The van der Waals surface area contributed by atoms with Crippen LogP contribution in [0, 0.1) is 0 Å². The Morgan fingerprint density at radius 2 is 1.95 bits per heavy atom. The van der Waals surface area contributed by atoms with E-state index in [-0.39, 0.29) is 0 Å². The Hall–Kier alpha value is -1.06. The van der Waals surface area contributed by atoms with Crippen molar-refractivity contribution in [2.75, 3.05) is 26.7 Å². The minimum atomic E-state index is 0.343. The summed E-state index contributed by atoms with van der Waals surface area (Å²) in [5.74, 6) is 0.343. The molecule has 1 aromatic carbocycles. The summed E-state index contributed by atoms with van der Waals surface area (Å²) in [6, 6.07) is 8.02. The van der Waals surface area contributed by atoms with Crippen LogP contribution in [-0.4, -0.2) is 42.4 Å². The number of carbonyl (C=O) groups excluding carboxylic acids is 1. The summed E-state index contributed by atoms with van der Waals surface area (Å²) in [6.45, 7) is 3.89. The third-order valence-electron chi connectivity index (χ3n) is 4.00. The first-order valence-corrected chi connectivity index (χ1v) is 8.24. The van der Waals surface area contributed by atoms with Gasteiger partial charge in [-0.3, -0.25) is 4.79 Å². The fourth-order valence-corrected chi connectivity index (χ4v) is 2.89. The Kier molecular flexibility index (Phi) is 6.52. The maximum Gasteiger partial charge on any atom is 0.222 e. The molecule has 1 aliphatic heterocycles. The molecule has 0 bridgehead atoms. The molecular weight excluding hydrogens is 284 g/mol. The summed E-state index contributed by atoms with van der Waals surface area (Å²) >= 11 is 5.89. The summed E-state index contributed by atoms with van der Waals surface area (Å²) in [7, 11) is 2.14. The molecule has 1 aliphatic rings. The number of rotatable bonds is 7. The van der Waals surface area contributed by atoms with E-state index < -0.39 is 0 Å². The average Bonchev–Trinajstić information content (AvgIpc) is 2.48. The molecule has 116 valence electrons. The zero-order valence-electron chi connectivity index (χ0n) is 12.9. The Morgan fingerprint density at radius 3 is 2.67 bits per heavy atom. The van der Waals surface area contributed by atoms with E-state index in [1.54, 1.807) is 0 Å². The van der Waals surface area contributed by atoms with Crippen molar-refractivity contribution in [1.29, 1.82) is 0 Å². The summed E-state index contributed by atoms with van der Waals surface area (Å²) in [6.07, 6.45) is 5.21. The Labute approximate surface area is 132 Å². The van der Waals surface area contributed by atoms with E-state index in [2.05, 4.69) is 24.1 Å². The molecule has 0 spiro atoms. The van der Waals surface area contributed by atoms with Gasteiger partial charge in [-0.2, -0.15) is 0 Å². The maximum absolute atomic E-state index is 11.7. The van der Waals surface area contributed by atoms with Crippen molar-refractivity contribution in [3.63, 3.8) is 0 Å². The van der Waals surface area contributed by atoms with Gasteiger partial charge >= 0.3 is 0 Å². The molecule has 1 saturated heterocycles. The van der Waals surface area contributed by atoms with Crippen LogP contribution in [0.3, 0.4) is 0 Å². The van der Waals surface area contributed by atoms with Gasteiger partial charge in [-0.25, -0.2) is 0 Å². The van der Waals surface area contributed by atoms with Crippen LogP contribution in [0.5, 0.6) is 0 Å². The molecule has 0 atom stereocenters. The molecule has 0 radical (unpaired) electrons. The van der Waals surface area contributed by atoms with Gasteiger partial charge in [0.05, 0.1) is 0 Å². The van der Waals surface area contributed by atoms with Gasteiger partial charge < -0.3 is 9.80 Å². The van der Waals surface area contributed by atoms with Crippen LogP contribution in [0.4, 0.5) is 0 Å². The van der Waals surface area contributed by atoms with Gasteiger partial charge in [-0.05, 0) is 57.0 Å². The highest BCUT2D eigenvalue weighted by Crippen LogP contribution is 2.13. The summed E-state index contributed by atoms with van der Waals surface area (Å²) in [5, 5.41) is 0.785. The highest BCUT2D eigenvalue weighted by Gasteiger charge is 2.16. The highest BCUT2D eigenvalue weighted by molar-refractivity contribution is 6.30. The molecule has 0 aliphatic carbocycles. The van der Waals surface area contributed by atoms with Crippen molar-refractivity contribution in [2.45, 2.75) is 38.6 Å². The minimum absolute atomic E-state index is 0.343. The lowest BCUT2D eigenvalue weighted by atomic mass is 10.1. The van der Waals surface area contributed by atoms with Crippen LogP contribution in [0.25, 0.3) is 0 Å². The van der Waals surface area contributed by atoms with E-state index in [0.29, 0.717) is 5.91 Å². The second-order valence-electron chi connectivity index (χ2n) is 5.91. The average molecular weight is 309 g/mol. The SMILES string of the molecule is CN(CCCCN1CCCCC1=O)Cc1ccc(Cl)cc1. The van der Waals surface area contributed by atoms with Gasteiger partial charge in [0.1, 0.15) is 0 Å². The molecule has 0 unspecified atom stereocenters. The molecule has 1 fully saturated rings. The smallest absolute Gasteiger partial charge is 0.222 e. The Bertz CT molecular complexity index is 447. The number of amides is 1. The van der Waals surface area contributed by atoms with Crippen molar-refractivity contribution in [2.24, 2.45) is 0 Å². The highest BCUT2D eigenvalue weighted by atomic mass is 35.5. The molecule has 0 aromatic heterocycles. The topological polar surface area (TPSA) is 23.6 Å². The maximum atomic E-state index is 11.7. The molecule has 1 aromatic rings. The van der Waals surface area contributed by atoms with Crippen molar-refractivity contribution < 1.29 is 4.79 Å². The predicted octanol–water partition coefficient (Wildman–Crippen LogP) is 3.56. The monoisotopic (exact) mass is 308 g/mol. The first-order valence-electron chi connectivity index (χ1n) is 7.86. The van der Waals surface area contributed by atoms with Crippen LogP contribution in [0.2, 0.25) is 5.02 Å². The van der Waals surface area contributed by atoms with Gasteiger partial charge in [0.25, 0.3) is 0 Å². The predicted molar refractivity (Wildman–Crippen MR) is 87.5 cm³/mol. The molecule has 4 heteroatoms. The fraction of sp³-hybridized carbons (Fsp3) is 0.588. The van der Waals surface area contributed by atoms with E-state index in [0.717, 1.165) is 56.9 Å². The normalized spacial score (nSPS) is 15.8. The lowest BCUT2D eigenvalue weighted by Crippen LogP contribution is -2.36. The van der Waals surface area contributed by atoms with E-state index in [4.69, 9.17) is 11.6 Å². The van der Waals surface area contributed by atoms with E-state index >= 15 is 0 Å². The van der Waals surface area contributed by atoms with Gasteiger partial charge in [-0.15, -0.1) is 0 Å². The lowest BCUT2D eigenvalue weighted by Gasteiger charge is -2.27. The number of nitrogens with zero attached hydrogens (tertiary/aromatic N) is 2. The van der Waals surface area contributed by atoms with Crippen molar-refractivity contribution in [3.8, 4) is 0 Å². The van der Waals surface area contributed by atoms with Crippen LogP contribution < -0.4 is 0 Å². The quantitative estimate of drug-likeness (QED) is 0.719. The zero-order chi connectivity index (χ0) is 15.1. The Balaban J connectivity index is 1.61. The summed E-state index contributed by atoms with van der Waals surface area (Å²) in [4.78, 5) is 16.0. The van der Waals surface area contributed by atoms with Crippen LogP contribution in [-0.2, 0) is 11.3 Å². The standard InChI is InChI=1S/C17H25ClN2O/c1-19(14-15-7-9-16(18)10-8-15)11-4-5-13-20-12-3-2-6-17(20)21/h7-10H,2-6,11-14H2,1H3. The molecule has 0 N–H and O–H groups in total. The van der Waals surface area contributed by atoms with Gasteiger partial charge in [0, 0.05) is 31.1 Å². The van der Waals surface area contributed by atoms with Gasteiger partial charge in [-0.1, -0.05) is 23.7 Å². The number of benzene rings is 1. The fourth-order valence-electron chi connectivity index (χ4n) is 2.76. The molecule has 2 rings (SSSR count). The minimum Gasteiger partial charge on any atom is -0.343 e. The molecule has 1 heterocycles. The van der Waals surface area contributed by atoms with Crippen molar-refractivity contribution in [3.05, 3.63) is 34.9 Å². The van der Waals surface area contributed by atoms with E-state index in [1.807, 2.05) is 17.0 Å². The van der Waals surface area contributed by atoms with Gasteiger partial charge in [0.15, 0.2) is 0 Å². The second kappa shape index (κ2) is 8.40. The molecule has 21 heavy (non-hydrogen) atoms. The number of hydrogen-bond acceptors (Lipinski definition) is 2. The number of likely N-dealkylation sites (tertiary alicyclic amines) is 1. The number of halogens is 1. The number of unbranched alkanes of at least 4 members (excludes halogenated alkanes) is 1. The van der Waals surface area contributed by atoms with E-state index in [9.17, 15) is 4.79 Å². The Morgan fingerprint density at radius 1 is 1.19 bits per heavy atom. The molecular formula is C17H25ClN2O. The largest absolute Gasteiger partial charge is 0.343 e. The molecule has 3 nitrogen and oxygen atoms in total. The third-order valence-corrected chi connectivity index (χ3v) is 4.26. The number of carbonyl (C=O) groups is 1. The summed E-state index contributed by atoms with van der Waals surface area (Å²) < 4.78 is 0. The van der Waals surface area contributed by atoms with Crippen molar-refractivity contribution in [1.82, 2.24) is 9.80 Å². The molecule has 1 amide bonds. The van der Waals surface area contributed by atoms with Crippen LogP contribution >= 0.6 is 11.6 Å². The van der Waals surface area contributed by atoms with Crippen LogP contribution in [0.1, 0.15) is 37.7 Å². The van der Waals surface area contributed by atoms with E-state index in [1.165, 1.54) is 12.0 Å². The lowest BCUT2D eigenvalue weighted by molar-refractivity contribution is -0.133.